The number of nitrogens with one attached hydrogen (secondary N) is 2. The van der Waals surface area contributed by atoms with Crippen LogP contribution in [-0.4, -0.2) is 15.5 Å². The molecule has 1 aromatic heterocycles. The van der Waals surface area contributed by atoms with E-state index < -0.39 is 0 Å². The molecule has 0 saturated heterocycles. The fourth-order valence-corrected chi connectivity index (χ4v) is 2.26. The molecule has 5 nitrogen and oxygen atoms in total. The summed E-state index contributed by atoms with van der Waals surface area (Å²) in [6.07, 6.45) is 1.54. The van der Waals surface area contributed by atoms with Gasteiger partial charge in [0, 0.05) is 17.3 Å². The fourth-order valence-electron chi connectivity index (χ4n) is 2.26. The van der Waals surface area contributed by atoms with Gasteiger partial charge in [0.15, 0.2) is 0 Å². The summed E-state index contributed by atoms with van der Waals surface area (Å²) in [6, 6.07) is 19.4. The molecule has 0 aliphatic rings. The summed E-state index contributed by atoms with van der Waals surface area (Å²) in [5.41, 5.74) is 0.878. The summed E-state index contributed by atoms with van der Waals surface area (Å²) in [7, 11) is 0. The second-order valence-corrected chi connectivity index (χ2v) is 6.73. The quantitative estimate of drug-likeness (QED) is 0.669. The Bertz CT molecular complexity index is 811. The van der Waals surface area contributed by atoms with Crippen molar-refractivity contribution in [3.63, 3.8) is 0 Å². The molecule has 0 atom stereocenters. The van der Waals surface area contributed by atoms with Gasteiger partial charge in [0.25, 0.3) is 0 Å². The first-order chi connectivity index (χ1) is 12.0. The van der Waals surface area contributed by atoms with Crippen LogP contribution in [0.3, 0.4) is 0 Å². The minimum atomic E-state index is -0.0535. The highest BCUT2D eigenvalue weighted by Gasteiger charge is 2.10. The molecular weight excluding hydrogens is 312 g/mol. The van der Waals surface area contributed by atoms with Crippen LogP contribution in [0.4, 0.5) is 17.3 Å². The highest BCUT2D eigenvalue weighted by molar-refractivity contribution is 5.60. The minimum Gasteiger partial charge on any atom is -0.457 e. The van der Waals surface area contributed by atoms with Crippen molar-refractivity contribution in [1.29, 1.82) is 0 Å². The van der Waals surface area contributed by atoms with Crippen molar-refractivity contribution in [2.45, 2.75) is 26.3 Å². The molecule has 3 rings (SSSR count). The van der Waals surface area contributed by atoms with Crippen molar-refractivity contribution < 1.29 is 4.74 Å². The Morgan fingerprint density at radius 1 is 0.800 bits per heavy atom. The zero-order valence-electron chi connectivity index (χ0n) is 14.7. The van der Waals surface area contributed by atoms with Gasteiger partial charge in [-0.1, -0.05) is 18.2 Å². The van der Waals surface area contributed by atoms with E-state index in [2.05, 4.69) is 41.4 Å². The van der Waals surface area contributed by atoms with Crippen LogP contribution in [0.1, 0.15) is 20.8 Å². The van der Waals surface area contributed by atoms with Crippen molar-refractivity contribution in [2.24, 2.45) is 0 Å². The number of anilines is 3. The van der Waals surface area contributed by atoms with Crippen LogP contribution >= 0.6 is 0 Å². The van der Waals surface area contributed by atoms with Crippen LogP contribution in [0.2, 0.25) is 0 Å². The second-order valence-electron chi connectivity index (χ2n) is 6.73. The molecule has 5 heteroatoms. The van der Waals surface area contributed by atoms with Crippen molar-refractivity contribution >= 4 is 17.3 Å². The highest BCUT2D eigenvalue weighted by Crippen LogP contribution is 2.24. The predicted octanol–water partition coefficient (Wildman–Crippen LogP) is 5.22. The molecule has 0 amide bonds. The average molecular weight is 334 g/mol. The molecule has 2 N–H and O–H groups in total. The van der Waals surface area contributed by atoms with E-state index in [1.807, 2.05) is 60.7 Å². The highest BCUT2D eigenvalue weighted by atomic mass is 16.5. The van der Waals surface area contributed by atoms with Crippen molar-refractivity contribution in [1.82, 2.24) is 9.97 Å². The molecule has 25 heavy (non-hydrogen) atoms. The van der Waals surface area contributed by atoms with Gasteiger partial charge in [0.05, 0.1) is 0 Å². The Morgan fingerprint density at radius 3 is 2.12 bits per heavy atom. The summed E-state index contributed by atoms with van der Waals surface area (Å²) in [5.74, 6) is 3.12. The lowest BCUT2D eigenvalue weighted by Gasteiger charge is -2.21. The number of ether oxygens (including phenoxy) is 1. The Kier molecular flexibility index (Phi) is 4.84. The molecule has 0 aliphatic carbocycles. The zero-order chi connectivity index (χ0) is 17.7. The molecule has 1 heterocycles. The van der Waals surface area contributed by atoms with Gasteiger partial charge >= 0.3 is 0 Å². The number of rotatable bonds is 5. The fraction of sp³-hybridized carbons (Fsp3) is 0.200. The van der Waals surface area contributed by atoms with Gasteiger partial charge in [0.1, 0.15) is 29.5 Å². The number of benzene rings is 2. The molecule has 0 aliphatic heterocycles. The zero-order valence-corrected chi connectivity index (χ0v) is 14.7. The van der Waals surface area contributed by atoms with Crippen LogP contribution < -0.4 is 15.4 Å². The molecule has 0 radical (unpaired) electrons. The standard InChI is InChI=1S/C20H22N4O/c1-20(2,3)24-19-13-18(21-14-22-19)23-15-9-11-17(12-10-15)25-16-7-5-4-6-8-16/h4-14H,1-3H3,(H2,21,22,23,24). The monoisotopic (exact) mass is 334 g/mol. The number of nitrogens with zero attached hydrogens (tertiary/aromatic N) is 2. The summed E-state index contributed by atoms with van der Waals surface area (Å²) in [4.78, 5) is 8.51. The Balaban J connectivity index is 1.66. The Hall–Kier alpha value is -3.08. The maximum absolute atomic E-state index is 5.79. The van der Waals surface area contributed by atoms with Gasteiger partial charge in [-0.3, -0.25) is 0 Å². The van der Waals surface area contributed by atoms with E-state index in [-0.39, 0.29) is 5.54 Å². The Labute approximate surface area is 148 Å². The van der Waals surface area contributed by atoms with Gasteiger partial charge in [-0.05, 0) is 57.2 Å². The first-order valence-corrected chi connectivity index (χ1v) is 8.18. The van der Waals surface area contributed by atoms with E-state index in [0.29, 0.717) is 0 Å². The van der Waals surface area contributed by atoms with Gasteiger partial charge in [-0.15, -0.1) is 0 Å². The third-order valence-corrected chi connectivity index (χ3v) is 3.28. The molecule has 0 fully saturated rings. The summed E-state index contributed by atoms with van der Waals surface area (Å²) >= 11 is 0. The van der Waals surface area contributed by atoms with Gasteiger partial charge in [0.2, 0.25) is 0 Å². The van der Waals surface area contributed by atoms with E-state index in [9.17, 15) is 0 Å². The average Bonchev–Trinajstić information content (AvgIpc) is 2.56. The lowest BCUT2D eigenvalue weighted by Crippen LogP contribution is -2.26. The van der Waals surface area contributed by atoms with Gasteiger partial charge in [-0.25, -0.2) is 9.97 Å². The molecular formula is C20H22N4O. The van der Waals surface area contributed by atoms with E-state index >= 15 is 0 Å². The third-order valence-electron chi connectivity index (χ3n) is 3.28. The van der Waals surface area contributed by atoms with Crippen LogP contribution in [0.5, 0.6) is 11.5 Å². The smallest absolute Gasteiger partial charge is 0.135 e. The van der Waals surface area contributed by atoms with E-state index in [0.717, 1.165) is 28.8 Å². The van der Waals surface area contributed by atoms with Crippen LogP contribution in [0.15, 0.2) is 67.0 Å². The molecule has 3 aromatic rings. The predicted molar refractivity (Wildman–Crippen MR) is 102 cm³/mol. The number of hydrogen-bond acceptors (Lipinski definition) is 5. The molecule has 0 spiro atoms. The van der Waals surface area contributed by atoms with Crippen molar-refractivity contribution in [3.05, 3.63) is 67.0 Å². The Morgan fingerprint density at radius 2 is 1.44 bits per heavy atom. The van der Waals surface area contributed by atoms with Crippen molar-refractivity contribution in [2.75, 3.05) is 10.6 Å². The first kappa shape index (κ1) is 16.8. The molecule has 0 unspecified atom stereocenters. The molecule has 0 saturated carbocycles. The van der Waals surface area contributed by atoms with Crippen LogP contribution in [-0.2, 0) is 0 Å². The lowest BCUT2D eigenvalue weighted by atomic mass is 10.1. The first-order valence-electron chi connectivity index (χ1n) is 8.18. The van der Waals surface area contributed by atoms with Gasteiger partial charge in [-0.2, -0.15) is 0 Å². The van der Waals surface area contributed by atoms with E-state index in [4.69, 9.17) is 4.74 Å². The number of para-hydroxylation sites is 1. The molecule has 0 bridgehead atoms. The second kappa shape index (κ2) is 7.21. The molecule has 128 valence electrons. The summed E-state index contributed by atoms with van der Waals surface area (Å²) in [6.45, 7) is 6.27. The summed E-state index contributed by atoms with van der Waals surface area (Å²) in [5, 5.41) is 6.61. The lowest BCUT2D eigenvalue weighted by molar-refractivity contribution is 0.483. The number of aromatic nitrogens is 2. The third kappa shape index (κ3) is 5.21. The van der Waals surface area contributed by atoms with Crippen LogP contribution in [0.25, 0.3) is 0 Å². The van der Waals surface area contributed by atoms with Crippen molar-refractivity contribution in [3.8, 4) is 11.5 Å². The normalized spacial score (nSPS) is 11.0. The maximum Gasteiger partial charge on any atom is 0.135 e. The topological polar surface area (TPSA) is 59.1 Å². The van der Waals surface area contributed by atoms with Gasteiger partial charge < -0.3 is 15.4 Å². The number of hydrogen-bond donors (Lipinski definition) is 2. The SMILES string of the molecule is CC(C)(C)Nc1cc(Nc2ccc(Oc3ccccc3)cc2)ncn1. The molecule has 2 aromatic carbocycles. The largest absolute Gasteiger partial charge is 0.457 e. The van der Waals surface area contributed by atoms with Crippen LogP contribution in [0, 0.1) is 0 Å². The minimum absolute atomic E-state index is 0.0535. The summed E-state index contributed by atoms with van der Waals surface area (Å²) < 4.78 is 5.79. The maximum atomic E-state index is 5.79. The van der Waals surface area contributed by atoms with E-state index in [1.54, 1.807) is 6.33 Å². The van der Waals surface area contributed by atoms with E-state index in [1.165, 1.54) is 0 Å².